The monoisotopic (exact) mass is 384 g/mol. The summed E-state index contributed by atoms with van der Waals surface area (Å²) >= 11 is 0. The van der Waals surface area contributed by atoms with Gasteiger partial charge in [0.25, 0.3) is 0 Å². The van der Waals surface area contributed by atoms with Crippen molar-refractivity contribution in [3.8, 4) is 0 Å². The van der Waals surface area contributed by atoms with E-state index in [1.807, 2.05) is 10.7 Å². The molecule has 1 aliphatic rings. The predicted molar refractivity (Wildman–Crippen MR) is 102 cm³/mol. The minimum Gasteiger partial charge on any atom is -0.382 e. The van der Waals surface area contributed by atoms with E-state index in [1.165, 1.54) is 6.33 Å². The molecule has 0 radical (unpaired) electrons. The number of nitrogen functional groups attached to an aromatic ring is 1. The molecule has 1 amide bonds. The van der Waals surface area contributed by atoms with Gasteiger partial charge < -0.3 is 20.4 Å². The number of hydrogen-bond donors (Lipinski definition) is 2. The Kier molecular flexibility index (Phi) is 4.71. The molecule has 0 aliphatic carbocycles. The van der Waals surface area contributed by atoms with Crippen LogP contribution in [0.2, 0.25) is 0 Å². The summed E-state index contributed by atoms with van der Waals surface area (Å²) in [7, 11) is 0. The molecule has 1 saturated heterocycles. The molecule has 3 atom stereocenters. The van der Waals surface area contributed by atoms with Crippen molar-refractivity contribution < 1.29 is 9.53 Å². The van der Waals surface area contributed by atoms with E-state index in [9.17, 15) is 4.79 Å². The zero-order chi connectivity index (χ0) is 19.8. The first-order chi connectivity index (χ1) is 13.5. The van der Waals surface area contributed by atoms with E-state index >= 15 is 0 Å². The van der Waals surface area contributed by atoms with Crippen LogP contribution in [0.15, 0.2) is 24.9 Å². The van der Waals surface area contributed by atoms with Crippen LogP contribution in [-0.4, -0.2) is 47.9 Å². The summed E-state index contributed by atoms with van der Waals surface area (Å²) in [5.74, 6) is 0.162. The summed E-state index contributed by atoms with van der Waals surface area (Å²) in [5.41, 5.74) is 7.83. The van der Waals surface area contributed by atoms with Crippen LogP contribution in [0, 0.1) is 0 Å². The van der Waals surface area contributed by atoms with Crippen LogP contribution < -0.4 is 11.1 Å². The highest BCUT2D eigenvalue weighted by atomic mass is 16.5. The summed E-state index contributed by atoms with van der Waals surface area (Å²) in [4.78, 5) is 25.3. The Labute approximate surface area is 162 Å². The topological polar surface area (TPSA) is 126 Å². The average Bonchev–Trinajstić information content (AvgIpc) is 3.40. The molecule has 0 aromatic carbocycles. The lowest BCUT2D eigenvalue weighted by atomic mass is 10.1. The van der Waals surface area contributed by atoms with Crippen LogP contribution in [0.4, 0.5) is 5.82 Å². The molecule has 1 aliphatic heterocycles. The van der Waals surface area contributed by atoms with Crippen LogP contribution >= 0.6 is 0 Å². The van der Waals surface area contributed by atoms with Gasteiger partial charge in [0.15, 0.2) is 11.5 Å². The lowest BCUT2D eigenvalue weighted by Crippen LogP contribution is -2.41. The zero-order valence-electron chi connectivity index (χ0n) is 16.1. The second kappa shape index (κ2) is 7.19. The van der Waals surface area contributed by atoms with Gasteiger partial charge in [0.2, 0.25) is 5.91 Å². The maximum Gasteiger partial charge on any atom is 0.243 e. The third-order valence-electron chi connectivity index (χ3n) is 5.08. The molecule has 0 saturated carbocycles. The Morgan fingerprint density at radius 2 is 2.14 bits per heavy atom. The maximum atomic E-state index is 12.9. The molecule has 28 heavy (non-hydrogen) atoms. The number of imidazole rings is 1. The molecule has 10 nitrogen and oxygen atoms in total. The summed E-state index contributed by atoms with van der Waals surface area (Å²) < 4.78 is 9.56. The van der Waals surface area contributed by atoms with Gasteiger partial charge in [-0.15, -0.1) is 0 Å². The number of ether oxygens (including phenoxy) is 1. The SMILES string of the molecule is CC(C)n1nccc1[C@H]1OCC[C@@H]1NC(=O)C(C)n1cnc2c(N)ncnc21. The van der Waals surface area contributed by atoms with Crippen LogP contribution in [0.1, 0.15) is 51.1 Å². The number of rotatable bonds is 5. The zero-order valence-corrected chi connectivity index (χ0v) is 16.1. The van der Waals surface area contributed by atoms with Gasteiger partial charge in [-0.1, -0.05) is 0 Å². The van der Waals surface area contributed by atoms with Crippen molar-refractivity contribution in [2.24, 2.45) is 0 Å². The predicted octanol–water partition coefficient (Wildman–Crippen LogP) is 1.39. The van der Waals surface area contributed by atoms with Crippen LogP contribution in [-0.2, 0) is 9.53 Å². The molecular weight excluding hydrogens is 360 g/mol. The molecule has 3 N–H and O–H groups in total. The summed E-state index contributed by atoms with van der Waals surface area (Å²) in [6.07, 6.45) is 5.22. The number of nitrogens with two attached hydrogens (primary N) is 1. The van der Waals surface area contributed by atoms with Crippen LogP contribution in [0.3, 0.4) is 0 Å². The number of hydrogen-bond acceptors (Lipinski definition) is 7. The molecular formula is C18H24N8O2. The Morgan fingerprint density at radius 1 is 1.32 bits per heavy atom. The van der Waals surface area contributed by atoms with E-state index in [4.69, 9.17) is 10.5 Å². The van der Waals surface area contributed by atoms with E-state index in [1.54, 1.807) is 24.0 Å². The first-order valence-electron chi connectivity index (χ1n) is 9.35. The maximum absolute atomic E-state index is 12.9. The highest BCUT2D eigenvalue weighted by molar-refractivity contribution is 5.85. The lowest BCUT2D eigenvalue weighted by Gasteiger charge is -2.24. The van der Waals surface area contributed by atoms with Gasteiger partial charge in [-0.25, -0.2) is 15.0 Å². The second-order valence-corrected chi connectivity index (χ2v) is 7.25. The molecule has 1 fully saturated rings. The van der Waals surface area contributed by atoms with Crippen molar-refractivity contribution in [3.05, 3.63) is 30.6 Å². The number of aromatic nitrogens is 6. The van der Waals surface area contributed by atoms with Gasteiger partial charge in [0, 0.05) is 18.8 Å². The van der Waals surface area contributed by atoms with Crippen molar-refractivity contribution >= 4 is 22.9 Å². The number of amides is 1. The fourth-order valence-electron chi connectivity index (χ4n) is 3.59. The fraction of sp³-hybridized carbons (Fsp3) is 0.500. The van der Waals surface area contributed by atoms with Crippen LogP contribution in [0.25, 0.3) is 11.2 Å². The van der Waals surface area contributed by atoms with Gasteiger partial charge in [0.05, 0.1) is 18.1 Å². The van der Waals surface area contributed by atoms with E-state index in [0.29, 0.717) is 23.6 Å². The molecule has 10 heteroatoms. The van der Waals surface area contributed by atoms with Gasteiger partial charge in [0.1, 0.15) is 24.0 Å². The number of fused-ring (bicyclic) bond motifs is 1. The van der Waals surface area contributed by atoms with Crippen LogP contribution in [0.5, 0.6) is 0 Å². The number of nitrogens with zero attached hydrogens (tertiary/aromatic N) is 6. The molecule has 3 aromatic rings. The molecule has 4 heterocycles. The van der Waals surface area contributed by atoms with Gasteiger partial charge in [-0.05, 0) is 33.3 Å². The first-order valence-corrected chi connectivity index (χ1v) is 9.35. The van der Waals surface area contributed by atoms with Crippen molar-refractivity contribution in [3.63, 3.8) is 0 Å². The molecule has 0 spiro atoms. The largest absolute Gasteiger partial charge is 0.382 e. The Morgan fingerprint density at radius 3 is 2.93 bits per heavy atom. The molecule has 148 valence electrons. The van der Waals surface area contributed by atoms with Crippen molar-refractivity contribution in [1.29, 1.82) is 0 Å². The molecule has 1 unspecified atom stereocenters. The number of carbonyl (C=O) groups excluding carboxylic acids is 1. The first kappa shape index (κ1) is 18.4. The number of nitrogens with one attached hydrogen (secondary N) is 1. The Hall–Kier alpha value is -3.01. The molecule has 4 rings (SSSR count). The van der Waals surface area contributed by atoms with E-state index in [-0.39, 0.29) is 24.1 Å². The molecule has 0 bridgehead atoms. The molecule has 3 aromatic heterocycles. The minimum atomic E-state index is -0.504. The third kappa shape index (κ3) is 3.09. The number of carbonyl (C=O) groups is 1. The number of anilines is 1. The van der Waals surface area contributed by atoms with Gasteiger partial charge in [-0.2, -0.15) is 5.10 Å². The van der Waals surface area contributed by atoms with E-state index < -0.39 is 6.04 Å². The van der Waals surface area contributed by atoms with E-state index in [2.05, 4.69) is 39.2 Å². The normalized spacial score (nSPS) is 20.7. The third-order valence-corrected chi connectivity index (χ3v) is 5.08. The second-order valence-electron chi connectivity index (χ2n) is 7.25. The standard InChI is InChI=1S/C18H24N8O2/c1-10(2)26-13(4-6-23-26)15-12(5-7-28-15)24-18(27)11(3)25-9-22-14-16(19)20-8-21-17(14)25/h4,6,8-12,15H,5,7H2,1-3H3,(H,24,27)(H2,19,20,21)/t11?,12-,15-/m0/s1. The highest BCUT2D eigenvalue weighted by Gasteiger charge is 2.34. The minimum absolute atomic E-state index is 0.126. The van der Waals surface area contributed by atoms with E-state index in [0.717, 1.165) is 12.1 Å². The average molecular weight is 384 g/mol. The summed E-state index contributed by atoms with van der Waals surface area (Å²) in [5, 5.41) is 7.50. The smallest absolute Gasteiger partial charge is 0.243 e. The van der Waals surface area contributed by atoms with Crippen molar-refractivity contribution in [2.45, 2.75) is 51.4 Å². The fourth-order valence-corrected chi connectivity index (χ4v) is 3.59. The van der Waals surface area contributed by atoms with Gasteiger partial charge >= 0.3 is 0 Å². The van der Waals surface area contributed by atoms with Crippen molar-refractivity contribution in [1.82, 2.24) is 34.6 Å². The summed E-state index contributed by atoms with van der Waals surface area (Å²) in [6.45, 7) is 6.53. The highest BCUT2D eigenvalue weighted by Crippen LogP contribution is 2.31. The Balaban J connectivity index is 1.53. The van der Waals surface area contributed by atoms with Crippen molar-refractivity contribution in [2.75, 3.05) is 12.3 Å². The quantitative estimate of drug-likeness (QED) is 0.681. The summed E-state index contributed by atoms with van der Waals surface area (Å²) in [6, 6.07) is 1.53. The Bertz CT molecular complexity index is 995. The lowest BCUT2D eigenvalue weighted by molar-refractivity contribution is -0.125. The van der Waals surface area contributed by atoms with Gasteiger partial charge in [-0.3, -0.25) is 9.48 Å².